The van der Waals surface area contributed by atoms with Crippen molar-refractivity contribution in [2.45, 2.75) is 20.3 Å². The second kappa shape index (κ2) is 5.74. The van der Waals surface area contributed by atoms with Crippen LogP contribution < -0.4 is 5.32 Å². The second-order valence-electron chi connectivity index (χ2n) is 4.64. The lowest BCUT2D eigenvalue weighted by atomic mass is 10.1. The van der Waals surface area contributed by atoms with Crippen LogP contribution in [0.5, 0.6) is 0 Å². The zero-order chi connectivity index (χ0) is 15.6. The highest BCUT2D eigenvalue weighted by atomic mass is 16.4. The summed E-state index contributed by atoms with van der Waals surface area (Å²) in [6.45, 7) is 3.53. The third kappa shape index (κ3) is 2.91. The van der Waals surface area contributed by atoms with E-state index in [9.17, 15) is 9.59 Å². The highest BCUT2D eigenvalue weighted by molar-refractivity contribution is 6.06. The van der Waals surface area contributed by atoms with Gasteiger partial charge in [0.15, 0.2) is 0 Å². The molecule has 0 unspecified atom stereocenters. The summed E-state index contributed by atoms with van der Waals surface area (Å²) in [5.41, 5.74) is 2.03. The third-order valence-electron chi connectivity index (χ3n) is 3.18. The maximum absolute atomic E-state index is 12.3. The first-order chi connectivity index (χ1) is 9.93. The van der Waals surface area contributed by atoms with Crippen LogP contribution in [0.3, 0.4) is 0 Å². The third-order valence-corrected chi connectivity index (χ3v) is 3.18. The Bertz CT molecular complexity index is 706. The van der Waals surface area contributed by atoms with Gasteiger partial charge in [-0.25, -0.2) is 4.79 Å². The minimum Gasteiger partial charge on any atom is -0.478 e. The Kier molecular flexibility index (Phi) is 4.02. The van der Waals surface area contributed by atoms with Crippen molar-refractivity contribution in [2.75, 3.05) is 5.32 Å². The predicted molar refractivity (Wildman–Crippen MR) is 76.5 cm³/mol. The van der Waals surface area contributed by atoms with Crippen LogP contribution in [0.4, 0.5) is 5.69 Å². The molecule has 0 saturated carbocycles. The molecule has 1 amide bonds. The molecule has 2 rings (SSSR count). The number of pyridine rings is 1. The zero-order valence-corrected chi connectivity index (χ0v) is 12.0. The van der Waals surface area contributed by atoms with Crippen LogP contribution in [0.25, 0.3) is 0 Å². The SMILES string of the molecule is CCc1nn(C)cc1NC(=O)c1cncc(C(=O)O)c1C. The molecule has 2 N–H and O–H groups in total. The van der Waals surface area contributed by atoms with Gasteiger partial charge in [0.2, 0.25) is 0 Å². The molecule has 0 fully saturated rings. The number of carbonyl (C=O) groups is 2. The Labute approximate surface area is 121 Å². The summed E-state index contributed by atoms with van der Waals surface area (Å²) in [5, 5.41) is 16.0. The lowest BCUT2D eigenvalue weighted by molar-refractivity contribution is 0.0695. The van der Waals surface area contributed by atoms with Crippen LogP contribution in [0.15, 0.2) is 18.6 Å². The molecule has 0 aliphatic rings. The fraction of sp³-hybridized carbons (Fsp3) is 0.286. The van der Waals surface area contributed by atoms with Gasteiger partial charge in [0, 0.05) is 25.6 Å². The number of rotatable bonds is 4. The number of nitrogens with one attached hydrogen (secondary N) is 1. The highest BCUT2D eigenvalue weighted by Crippen LogP contribution is 2.17. The lowest BCUT2D eigenvalue weighted by Crippen LogP contribution is -2.16. The fourth-order valence-corrected chi connectivity index (χ4v) is 2.06. The molecule has 0 aromatic carbocycles. The van der Waals surface area contributed by atoms with Crippen molar-refractivity contribution in [2.24, 2.45) is 7.05 Å². The molecule has 0 aliphatic heterocycles. The number of aromatic nitrogens is 3. The van der Waals surface area contributed by atoms with E-state index in [4.69, 9.17) is 5.11 Å². The van der Waals surface area contributed by atoms with Crippen LogP contribution >= 0.6 is 0 Å². The number of hydrogen-bond acceptors (Lipinski definition) is 4. The summed E-state index contributed by atoms with van der Waals surface area (Å²) in [6.07, 6.45) is 4.98. The quantitative estimate of drug-likeness (QED) is 0.891. The molecule has 2 aromatic rings. The van der Waals surface area contributed by atoms with E-state index in [2.05, 4.69) is 15.4 Å². The maximum Gasteiger partial charge on any atom is 0.337 e. The normalized spacial score (nSPS) is 10.4. The van der Waals surface area contributed by atoms with Gasteiger partial charge < -0.3 is 10.4 Å². The molecule has 0 aliphatic carbocycles. The second-order valence-corrected chi connectivity index (χ2v) is 4.64. The topological polar surface area (TPSA) is 97.1 Å². The molecule has 0 atom stereocenters. The van der Waals surface area contributed by atoms with E-state index in [1.165, 1.54) is 12.4 Å². The van der Waals surface area contributed by atoms with Crippen molar-refractivity contribution in [1.82, 2.24) is 14.8 Å². The summed E-state index contributed by atoms with van der Waals surface area (Å²) in [4.78, 5) is 27.2. The molecule has 21 heavy (non-hydrogen) atoms. The van der Waals surface area contributed by atoms with Crippen molar-refractivity contribution in [3.05, 3.63) is 41.0 Å². The molecule has 7 nitrogen and oxygen atoms in total. The van der Waals surface area contributed by atoms with E-state index in [-0.39, 0.29) is 11.1 Å². The molecule has 2 heterocycles. The van der Waals surface area contributed by atoms with Crippen molar-refractivity contribution < 1.29 is 14.7 Å². The Balaban J connectivity index is 2.33. The van der Waals surface area contributed by atoms with Crippen LogP contribution in [-0.4, -0.2) is 31.7 Å². The summed E-state index contributed by atoms with van der Waals surface area (Å²) < 4.78 is 1.62. The number of anilines is 1. The molecule has 110 valence electrons. The Hall–Kier alpha value is -2.70. The molecule has 0 spiro atoms. The Morgan fingerprint density at radius 3 is 2.62 bits per heavy atom. The first kappa shape index (κ1) is 14.7. The monoisotopic (exact) mass is 288 g/mol. The average Bonchev–Trinajstić information content (AvgIpc) is 2.78. The fourth-order valence-electron chi connectivity index (χ4n) is 2.06. The number of carbonyl (C=O) groups excluding carboxylic acids is 1. The van der Waals surface area contributed by atoms with E-state index in [0.717, 1.165) is 5.69 Å². The molecule has 7 heteroatoms. The number of carboxylic acids is 1. The average molecular weight is 288 g/mol. The standard InChI is InChI=1S/C14H16N4O3/c1-4-11-12(7-18(3)17-11)16-13(19)9-5-15-6-10(8(9)2)14(20)21/h5-7H,4H2,1-3H3,(H,16,19)(H,20,21). The van der Waals surface area contributed by atoms with Crippen molar-refractivity contribution in [3.8, 4) is 0 Å². The Morgan fingerprint density at radius 2 is 2.00 bits per heavy atom. The molecule has 2 aromatic heterocycles. The van der Waals surface area contributed by atoms with Gasteiger partial charge in [0.1, 0.15) is 0 Å². The van der Waals surface area contributed by atoms with Crippen molar-refractivity contribution in [1.29, 1.82) is 0 Å². The summed E-state index contributed by atoms with van der Waals surface area (Å²) in [7, 11) is 1.77. The van der Waals surface area contributed by atoms with Gasteiger partial charge in [0.25, 0.3) is 5.91 Å². The van der Waals surface area contributed by atoms with Gasteiger partial charge in [0.05, 0.1) is 22.5 Å². The van der Waals surface area contributed by atoms with E-state index in [1.54, 1.807) is 24.9 Å². The minimum absolute atomic E-state index is 0.0181. The summed E-state index contributed by atoms with van der Waals surface area (Å²) >= 11 is 0. The van der Waals surface area contributed by atoms with Crippen LogP contribution in [0, 0.1) is 6.92 Å². The van der Waals surface area contributed by atoms with Crippen molar-refractivity contribution >= 4 is 17.6 Å². The van der Waals surface area contributed by atoms with E-state index in [1.807, 2.05) is 6.92 Å². The van der Waals surface area contributed by atoms with E-state index >= 15 is 0 Å². The first-order valence-corrected chi connectivity index (χ1v) is 6.45. The zero-order valence-electron chi connectivity index (χ0n) is 12.0. The summed E-state index contributed by atoms with van der Waals surface area (Å²) in [6, 6.07) is 0. The summed E-state index contributed by atoms with van der Waals surface area (Å²) in [5.74, 6) is -1.50. The number of hydrogen-bond donors (Lipinski definition) is 2. The van der Waals surface area contributed by atoms with Gasteiger partial charge in [-0.3, -0.25) is 14.5 Å². The molecule has 0 radical (unpaired) electrons. The van der Waals surface area contributed by atoms with Crippen LogP contribution in [0.1, 0.15) is 38.9 Å². The van der Waals surface area contributed by atoms with Gasteiger partial charge in [-0.2, -0.15) is 5.10 Å². The molecule has 0 bridgehead atoms. The smallest absolute Gasteiger partial charge is 0.337 e. The van der Waals surface area contributed by atoms with Gasteiger partial charge in [-0.15, -0.1) is 0 Å². The number of nitrogens with zero attached hydrogens (tertiary/aromatic N) is 3. The van der Waals surface area contributed by atoms with Crippen LogP contribution in [0.2, 0.25) is 0 Å². The predicted octanol–water partition coefficient (Wildman–Crippen LogP) is 1.64. The minimum atomic E-state index is -1.11. The van der Waals surface area contributed by atoms with Gasteiger partial charge in [-0.05, 0) is 18.9 Å². The van der Waals surface area contributed by atoms with Gasteiger partial charge in [-0.1, -0.05) is 6.92 Å². The van der Waals surface area contributed by atoms with Crippen molar-refractivity contribution in [3.63, 3.8) is 0 Å². The lowest BCUT2D eigenvalue weighted by Gasteiger charge is -2.08. The largest absolute Gasteiger partial charge is 0.478 e. The number of aryl methyl sites for hydroxylation is 2. The number of aromatic carboxylic acids is 1. The number of amides is 1. The Morgan fingerprint density at radius 1 is 1.33 bits per heavy atom. The van der Waals surface area contributed by atoms with Crippen LogP contribution in [-0.2, 0) is 13.5 Å². The number of carboxylic acid groups (broad SMARTS) is 1. The molecular formula is C14H16N4O3. The van der Waals surface area contributed by atoms with E-state index < -0.39 is 11.9 Å². The van der Waals surface area contributed by atoms with Gasteiger partial charge >= 0.3 is 5.97 Å². The molecule has 0 saturated heterocycles. The maximum atomic E-state index is 12.3. The van der Waals surface area contributed by atoms with E-state index in [0.29, 0.717) is 17.7 Å². The highest BCUT2D eigenvalue weighted by Gasteiger charge is 2.17. The molecular weight excluding hydrogens is 272 g/mol. The first-order valence-electron chi connectivity index (χ1n) is 6.45.